The van der Waals surface area contributed by atoms with Crippen LogP contribution in [-0.4, -0.2) is 78.1 Å². The number of nitrogens with zero attached hydrogens (tertiary/aromatic N) is 4. The lowest BCUT2D eigenvalue weighted by molar-refractivity contribution is 0.0553. The van der Waals surface area contributed by atoms with Gasteiger partial charge in [-0.2, -0.15) is 13.9 Å². The first-order chi connectivity index (χ1) is 10.7. The maximum Gasteiger partial charge on any atom is 0.333 e. The van der Waals surface area contributed by atoms with Crippen molar-refractivity contribution in [3.8, 4) is 0 Å². The van der Waals surface area contributed by atoms with Crippen LogP contribution in [0.25, 0.3) is 0 Å². The summed E-state index contributed by atoms with van der Waals surface area (Å²) < 4.78 is 50.0. The van der Waals surface area contributed by atoms with Gasteiger partial charge in [0.05, 0.1) is 11.0 Å². The highest BCUT2D eigenvalue weighted by molar-refractivity contribution is 7.92. The number of carbonyl (C=O) groups is 1. The van der Waals surface area contributed by atoms with Gasteiger partial charge in [-0.25, -0.2) is 13.1 Å². The normalized spacial score (nSPS) is 29.5. The molecular weight excluding hydrogens is 330 g/mol. The number of aromatic nitrogens is 2. The fourth-order valence-corrected chi connectivity index (χ4v) is 5.93. The Morgan fingerprint density at radius 1 is 1.39 bits per heavy atom. The maximum absolute atomic E-state index is 12.5. The van der Waals surface area contributed by atoms with E-state index < -0.39 is 27.5 Å². The van der Waals surface area contributed by atoms with Crippen molar-refractivity contribution in [1.82, 2.24) is 19.6 Å². The molecule has 0 spiro atoms. The molecule has 7 nitrogen and oxygen atoms in total. The van der Waals surface area contributed by atoms with Gasteiger partial charge >= 0.3 is 6.55 Å². The number of fused-ring (bicyclic) bond motifs is 1. The lowest BCUT2D eigenvalue weighted by atomic mass is 10.00. The molecular formula is C13H18F2N4O3S. The monoisotopic (exact) mass is 348 g/mol. The summed E-state index contributed by atoms with van der Waals surface area (Å²) in [6.07, 6.45) is 1.04. The summed E-state index contributed by atoms with van der Waals surface area (Å²) in [6, 6.07) is 1.09. The molecule has 2 aliphatic heterocycles. The van der Waals surface area contributed by atoms with Gasteiger partial charge in [-0.1, -0.05) is 0 Å². The molecule has 0 radical (unpaired) electrons. The van der Waals surface area contributed by atoms with Crippen molar-refractivity contribution in [3.05, 3.63) is 18.0 Å². The first kappa shape index (κ1) is 16.3. The summed E-state index contributed by atoms with van der Waals surface area (Å²) in [5, 5.41) is 2.97. The molecule has 3 heterocycles. The van der Waals surface area contributed by atoms with E-state index in [0.29, 0.717) is 11.2 Å². The number of hydrogen-bond acceptors (Lipinski definition) is 5. The number of sulfone groups is 1. The van der Waals surface area contributed by atoms with Crippen LogP contribution in [0.15, 0.2) is 12.3 Å². The first-order valence-corrected chi connectivity index (χ1v) is 8.93. The molecule has 0 bridgehead atoms. The molecule has 2 aliphatic rings. The largest absolute Gasteiger partial charge is 0.336 e. The second-order valence-corrected chi connectivity index (χ2v) is 8.50. The molecule has 0 N–H and O–H groups in total. The summed E-state index contributed by atoms with van der Waals surface area (Å²) in [5.41, 5.74) is -0.0934. The molecule has 0 aromatic carbocycles. The zero-order valence-corrected chi connectivity index (χ0v) is 13.6. The predicted octanol–water partition coefficient (Wildman–Crippen LogP) is 0.0774. The van der Waals surface area contributed by atoms with Crippen molar-refractivity contribution in [2.24, 2.45) is 5.92 Å². The van der Waals surface area contributed by atoms with Crippen LogP contribution in [-0.2, 0) is 9.84 Å². The van der Waals surface area contributed by atoms with Crippen molar-refractivity contribution >= 4 is 15.7 Å². The molecule has 3 atom stereocenters. The van der Waals surface area contributed by atoms with Crippen LogP contribution in [0.1, 0.15) is 17.0 Å². The molecule has 0 unspecified atom stereocenters. The number of halogens is 2. The zero-order valence-electron chi connectivity index (χ0n) is 12.8. The van der Waals surface area contributed by atoms with E-state index >= 15 is 0 Å². The van der Waals surface area contributed by atoms with Crippen LogP contribution in [0.2, 0.25) is 0 Å². The Kier molecular flexibility index (Phi) is 3.91. The first-order valence-electron chi connectivity index (χ1n) is 7.21. The Morgan fingerprint density at radius 3 is 2.65 bits per heavy atom. The predicted molar refractivity (Wildman–Crippen MR) is 77.9 cm³/mol. The van der Waals surface area contributed by atoms with Gasteiger partial charge in [0.2, 0.25) is 0 Å². The molecule has 0 aliphatic carbocycles. The van der Waals surface area contributed by atoms with Crippen molar-refractivity contribution in [3.63, 3.8) is 0 Å². The molecule has 1 aromatic rings. The quantitative estimate of drug-likeness (QED) is 0.773. The van der Waals surface area contributed by atoms with E-state index in [1.54, 1.807) is 0 Å². The Bertz CT molecular complexity index is 719. The van der Waals surface area contributed by atoms with Gasteiger partial charge in [-0.15, -0.1) is 0 Å². The van der Waals surface area contributed by atoms with Gasteiger partial charge < -0.3 is 9.80 Å². The Balaban J connectivity index is 1.80. The number of carbonyl (C=O) groups excluding carboxylic acids is 1. The number of likely N-dealkylation sites (tertiary alicyclic amines) is 1. The third-order valence-corrected chi connectivity index (χ3v) is 6.87. The topological polar surface area (TPSA) is 75.5 Å². The number of alkyl halides is 2. The molecule has 1 amide bonds. The van der Waals surface area contributed by atoms with E-state index in [-0.39, 0.29) is 30.0 Å². The minimum atomic E-state index is -3.26. The standard InChI is InChI=1S/C13H18F2N4O3S/c1-17(2)10-7-23(21,22)11-6-18(5-8(10)11)12(20)9-3-4-19(16-9)13(14)15/h3-4,8,10-11,13H,5-7H2,1-2H3/t8-,10+,11-/m0/s1. The van der Waals surface area contributed by atoms with Crippen LogP contribution >= 0.6 is 0 Å². The summed E-state index contributed by atoms with van der Waals surface area (Å²) in [7, 11) is 0.378. The SMILES string of the molecule is CN(C)[C@@H]1CS(=O)(=O)[C@H]2CN(C(=O)c3ccn(C(F)F)n3)C[C@@H]12. The second-order valence-electron chi connectivity index (χ2n) is 6.23. The molecule has 3 rings (SSSR count). The second kappa shape index (κ2) is 5.52. The van der Waals surface area contributed by atoms with Gasteiger partial charge in [-0.05, 0) is 20.2 Å². The highest BCUT2D eigenvalue weighted by atomic mass is 32.2. The van der Waals surface area contributed by atoms with Gasteiger partial charge in [0.15, 0.2) is 15.5 Å². The van der Waals surface area contributed by atoms with Gasteiger partial charge in [-0.3, -0.25) is 4.79 Å². The molecule has 23 heavy (non-hydrogen) atoms. The number of rotatable bonds is 3. The summed E-state index contributed by atoms with van der Waals surface area (Å²) >= 11 is 0. The lowest BCUT2D eigenvalue weighted by Crippen LogP contribution is -2.38. The fraction of sp³-hybridized carbons (Fsp3) is 0.692. The van der Waals surface area contributed by atoms with Crippen molar-refractivity contribution in [1.29, 1.82) is 0 Å². The third-order valence-electron chi connectivity index (χ3n) is 4.65. The van der Waals surface area contributed by atoms with Crippen molar-refractivity contribution < 1.29 is 22.0 Å². The van der Waals surface area contributed by atoms with Gasteiger partial charge in [0, 0.05) is 31.2 Å². The van der Waals surface area contributed by atoms with Crippen LogP contribution in [0.3, 0.4) is 0 Å². The van der Waals surface area contributed by atoms with Crippen LogP contribution in [0.5, 0.6) is 0 Å². The minimum Gasteiger partial charge on any atom is -0.336 e. The minimum absolute atomic E-state index is 0.0934. The summed E-state index contributed by atoms with van der Waals surface area (Å²) in [4.78, 5) is 15.7. The number of amides is 1. The Morgan fingerprint density at radius 2 is 2.09 bits per heavy atom. The van der Waals surface area contributed by atoms with Crippen molar-refractivity contribution in [2.45, 2.75) is 17.8 Å². The van der Waals surface area contributed by atoms with E-state index in [0.717, 1.165) is 6.20 Å². The van der Waals surface area contributed by atoms with E-state index in [9.17, 15) is 22.0 Å². The molecule has 1 aromatic heterocycles. The molecule has 2 saturated heterocycles. The maximum atomic E-state index is 12.5. The van der Waals surface area contributed by atoms with Crippen molar-refractivity contribution in [2.75, 3.05) is 32.9 Å². The van der Waals surface area contributed by atoms with Gasteiger partial charge in [0.1, 0.15) is 0 Å². The summed E-state index contributed by atoms with van der Waals surface area (Å²) in [5.74, 6) is -0.570. The number of hydrogen-bond donors (Lipinski definition) is 0. The molecule has 10 heteroatoms. The lowest BCUT2D eigenvalue weighted by Gasteiger charge is -2.24. The zero-order chi connectivity index (χ0) is 16.9. The van der Waals surface area contributed by atoms with E-state index in [1.165, 1.54) is 11.0 Å². The van der Waals surface area contributed by atoms with E-state index in [1.807, 2.05) is 19.0 Å². The van der Waals surface area contributed by atoms with Crippen LogP contribution in [0.4, 0.5) is 8.78 Å². The Hall–Kier alpha value is -1.55. The average Bonchev–Trinajstić information content (AvgIpc) is 3.14. The van der Waals surface area contributed by atoms with Gasteiger partial charge in [0.25, 0.3) is 5.91 Å². The molecule has 2 fully saturated rings. The molecule has 0 saturated carbocycles. The van der Waals surface area contributed by atoms with Crippen LogP contribution < -0.4 is 0 Å². The highest BCUT2D eigenvalue weighted by Crippen LogP contribution is 2.36. The Labute approximate surface area is 132 Å². The average molecular weight is 348 g/mol. The fourth-order valence-electron chi connectivity index (χ4n) is 3.45. The highest BCUT2D eigenvalue weighted by Gasteiger charge is 2.53. The molecule has 128 valence electrons. The summed E-state index contributed by atoms with van der Waals surface area (Å²) in [6.45, 7) is -2.42. The smallest absolute Gasteiger partial charge is 0.333 e. The van der Waals surface area contributed by atoms with Crippen LogP contribution in [0, 0.1) is 5.92 Å². The van der Waals surface area contributed by atoms with E-state index in [4.69, 9.17) is 0 Å². The third kappa shape index (κ3) is 2.74. The van der Waals surface area contributed by atoms with E-state index in [2.05, 4.69) is 5.10 Å².